The van der Waals surface area contributed by atoms with Crippen LogP contribution in [-0.2, 0) is 33.7 Å². The minimum absolute atomic E-state index is 0.0502. The van der Waals surface area contributed by atoms with Crippen molar-refractivity contribution in [2.75, 3.05) is 47.2 Å². The molecule has 0 aliphatic carbocycles. The van der Waals surface area contributed by atoms with Gasteiger partial charge in [0.1, 0.15) is 23.6 Å². The molecule has 11 nitrogen and oxygen atoms in total. The molecule has 0 fully saturated rings. The van der Waals surface area contributed by atoms with E-state index in [9.17, 15) is 14.9 Å². The number of hydrogen-bond donors (Lipinski definition) is 1. The summed E-state index contributed by atoms with van der Waals surface area (Å²) < 4.78 is 37.9. The first-order valence-electron chi connectivity index (χ1n) is 17.1. The van der Waals surface area contributed by atoms with Crippen LogP contribution in [0.1, 0.15) is 64.7 Å². The number of ether oxygens (including phenoxy) is 4. The number of nitrogens with one attached hydrogen (secondary N) is 1. The Labute approximate surface area is 304 Å². The average molecular weight is 722 g/mol. The first-order chi connectivity index (χ1) is 24.4. The molecule has 0 saturated carbocycles. The molecule has 0 aromatic heterocycles. The Morgan fingerprint density at radius 1 is 0.824 bits per heavy atom. The van der Waals surface area contributed by atoms with E-state index in [1.54, 1.807) is 28.1 Å². The van der Waals surface area contributed by atoms with Gasteiger partial charge in [0, 0.05) is 12.1 Å². The van der Waals surface area contributed by atoms with Gasteiger partial charge >= 0.3 is 5.97 Å². The summed E-state index contributed by atoms with van der Waals surface area (Å²) in [6.45, 7) is 11.4. The third-order valence-electron chi connectivity index (χ3n) is 8.18. The van der Waals surface area contributed by atoms with Gasteiger partial charge in [0.05, 0.1) is 58.6 Å². The maximum absolute atomic E-state index is 14.2. The molecule has 51 heavy (non-hydrogen) atoms. The van der Waals surface area contributed by atoms with Crippen molar-refractivity contribution in [3.8, 4) is 17.6 Å². The molecule has 0 aliphatic heterocycles. The summed E-state index contributed by atoms with van der Waals surface area (Å²) >= 11 is 0. The molecule has 0 heterocycles. The van der Waals surface area contributed by atoms with Gasteiger partial charge in [0.2, 0.25) is 5.91 Å². The predicted octanol–water partition coefficient (Wildman–Crippen LogP) is 6.99. The Balaban J connectivity index is 2.15. The number of hydrogen-bond acceptors (Lipinski definition) is 10. The van der Waals surface area contributed by atoms with Crippen LogP contribution in [0.15, 0.2) is 78.9 Å². The Morgan fingerprint density at radius 3 is 1.82 bits per heavy atom. The van der Waals surface area contributed by atoms with Crippen LogP contribution < -0.4 is 14.8 Å². The van der Waals surface area contributed by atoms with E-state index < -0.39 is 31.4 Å². The first kappa shape index (κ1) is 41.4. The molecule has 2 unspecified atom stereocenters. The minimum atomic E-state index is -1.69. The maximum atomic E-state index is 14.2. The van der Waals surface area contributed by atoms with Crippen molar-refractivity contribution < 1.29 is 37.6 Å². The van der Waals surface area contributed by atoms with Crippen molar-refractivity contribution in [1.82, 2.24) is 9.99 Å². The van der Waals surface area contributed by atoms with Gasteiger partial charge in [-0.2, -0.15) is 5.26 Å². The van der Waals surface area contributed by atoms with Gasteiger partial charge < -0.3 is 33.3 Å². The zero-order chi connectivity index (χ0) is 37.4. The van der Waals surface area contributed by atoms with Gasteiger partial charge in [-0.15, -0.1) is 0 Å². The van der Waals surface area contributed by atoms with Crippen LogP contribution in [0.25, 0.3) is 0 Å². The predicted molar refractivity (Wildman–Crippen MR) is 197 cm³/mol. The average Bonchev–Trinajstić information content (AvgIpc) is 3.13. The van der Waals surface area contributed by atoms with Crippen molar-refractivity contribution in [3.05, 3.63) is 95.6 Å². The molecule has 276 valence electrons. The number of esters is 1. The summed E-state index contributed by atoms with van der Waals surface area (Å²) in [6.07, 6.45) is 0.190. The largest absolute Gasteiger partial charge is 0.497 e. The molecule has 0 aliphatic rings. The number of methoxy groups -OCH3 is 2. The summed E-state index contributed by atoms with van der Waals surface area (Å²) in [4.78, 5) is 26.5. The molecular weight excluding hydrogens is 669 g/mol. The maximum Gasteiger partial charge on any atom is 0.325 e. The zero-order valence-corrected chi connectivity index (χ0v) is 31.9. The fourth-order valence-corrected chi connectivity index (χ4v) is 7.34. The number of rotatable bonds is 21. The number of carbonyl (C=O) groups excluding carboxylic acids is 2. The van der Waals surface area contributed by atoms with Crippen LogP contribution >= 0.6 is 8.53 Å². The van der Waals surface area contributed by atoms with E-state index in [4.69, 9.17) is 28.0 Å². The molecule has 2 atom stereocenters. The summed E-state index contributed by atoms with van der Waals surface area (Å²) in [5.74, 6) is 0.334. The van der Waals surface area contributed by atoms with Crippen molar-refractivity contribution in [3.63, 3.8) is 0 Å². The Morgan fingerprint density at radius 2 is 1.35 bits per heavy atom. The highest BCUT2D eigenvalue weighted by atomic mass is 31.2. The fourth-order valence-electron chi connectivity index (χ4n) is 5.60. The Bertz CT molecular complexity index is 1490. The molecule has 0 radical (unpaired) electrons. The molecule has 0 spiro atoms. The highest BCUT2D eigenvalue weighted by Gasteiger charge is 2.44. The molecule has 0 saturated heterocycles. The summed E-state index contributed by atoms with van der Waals surface area (Å²) in [5, 5.41) is 11.9. The monoisotopic (exact) mass is 721 g/mol. The molecule has 3 rings (SSSR count). The molecule has 12 heteroatoms. The lowest BCUT2D eigenvalue weighted by Crippen LogP contribution is -2.49. The van der Waals surface area contributed by atoms with Gasteiger partial charge in [-0.05, 0) is 82.5 Å². The Kier molecular flexibility index (Phi) is 16.3. The van der Waals surface area contributed by atoms with Gasteiger partial charge in [0.15, 0.2) is 0 Å². The van der Waals surface area contributed by atoms with E-state index >= 15 is 0 Å². The van der Waals surface area contributed by atoms with Crippen LogP contribution in [0.3, 0.4) is 0 Å². The molecule has 3 aromatic rings. The number of nitriles is 1. The van der Waals surface area contributed by atoms with Crippen LogP contribution in [-0.4, -0.2) is 75.8 Å². The van der Waals surface area contributed by atoms with E-state index in [1.807, 2.05) is 107 Å². The van der Waals surface area contributed by atoms with Gasteiger partial charge in [0.25, 0.3) is 8.53 Å². The van der Waals surface area contributed by atoms with Crippen LogP contribution in [0.2, 0.25) is 0 Å². The van der Waals surface area contributed by atoms with Crippen molar-refractivity contribution >= 4 is 20.4 Å². The Hall–Kier alpha value is -4.04. The van der Waals surface area contributed by atoms with Crippen molar-refractivity contribution in [2.45, 2.75) is 65.6 Å². The quantitative estimate of drug-likeness (QED) is 0.0532. The minimum Gasteiger partial charge on any atom is -0.497 e. The van der Waals surface area contributed by atoms with Crippen molar-refractivity contribution in [1.29, 1.82) is 5.26 Å². The van der Waals surface area contributed by atoms with Crippen LogP contribution in [0.5, 0.6) is 11.5 Å². The number of carbonyl (C=O) groups is 2. The second kappa shape index (κ2) is 20.1. The normalized spacial score (nSPS) is 13.4. The third kappa shape index (κ3) is 11.0. The van der Waals surface area contributed by atoms with Crippen LogP contribution in [0.4, 0.5) is 0 Å². The third-order valence-corrected chi connectivity index (χ3v) is 10.2. The lowest BCUT2D eigenvalue weighted by atomic mass is 9.79. The summed E-state index contributed by atoms with van der Waals surface area (Å²) in [7, 11) is 1.53. The van der Waals surface area contributed by atoms with Gasteiger partial charge in [-0.3, -0.25) is 9.59 Å². The number of nitrogens with zero attached hydrogens (tertiary/aromatic N) is 2. The fraction of sp³-hybridized carbons (Fsp3) is 0.462. The van der Waals surface area contributed by atoms with Gasteiger partial charge in [-0.25, -0.2) is 4.67 Å². The smallest absolute Gasteiger partial charge is 0.325 e. The highest BCUT2D eigenvalue weighted by Crippen LogP contribution is 2.48. The summed E-state index contributed by atoms with van der Waals surface area (Å²) in [5.41, 5.74) is -0.142. The highest BCUT2D eigenvalue weighted by molar-refractivity contribution is 7.44. The summed E-state index contributed by atoms with van der Waals surface area (Å²) in [6, 6.07) is 27.2. The molecule has 1 N–H and O–H groups in total. The zero-order valence-electron chi connectivity index (χ0n) is 31.0. The first-order valence-corrected chi connectivity index (χ1v) is 18.2. The molecule has 3 aromatic carbocycles. The van der Waals surface area contributed by atoms with Crippen molar-refractivity contribution in [2.24, 2.45) is 5.41 Å². The second-order valence-electron chi connectivity index (χ2n) is 12.7. The van der Waals surface area contributed by atoms with Crippen LogP contribution in [0, 0.1) is 16.7 Å². The van der Waals surface area contributed by atoms with E-state index in [0.29, 0.717) is 11.5 Å². The molecule has 0 bridgehead atoms. The van der Waals surface area contributed by atoms with E-state index in [2.05, 4.69) is 16.1 Å². The second-order valence-corrected chi connectivity index (χ2v) is 14.1. The van der Waals surface area contributed by atoms with E-state index in [-0.39, 0.29) is 51.5 Å². The van der Waals surface area contributed by atoms with E-state index in [1.165, 1.54) is 0 Å². The standard InChI is InChI=1S/C39H52N3O8P/c1-9-47-36(43)26-41-37(44)38(6,28-50-51(49-25-13-24-40)42(29(2)3)30(4)5)27-48-39(31-14-11-10-12-15-31,32-16-20-34(45-7)21-17-32)33-18-22-35(46-8)23-19-33/h10-12,14-23,29-30H,9,13,25-28H2,1-8H3,(H,41,44). The number of amides is 1. The molecule has 1 amide bonds. The molecular formula is C39H52N3O8P. The number of benzene rings is 3. The van der Waals surface area contributed by atoms with E-state index in [0.717, 1.165) is 16.7 Å². The lowest BCUT2D eigenvalue weighted by molar-refractivity contribution is -0.147. The lowest BCUT2D eigenvalue weighted by Gasteiger charge is -2.40. The van der Waals surface area contributed by atoms with Gasteiger partial charge in [-0.1, -0.05) is 54.6 Å². The topological polar surface area (TPSA) is 129 Å². The SMILES string of the molecule is CCOC(=O)CNC(=O)C(C)(COP(OCCC#N)N(C(C)C)C(C)C)COC(c1ccccc1)(c1ccc(OC)cc1)c1ccc(OC)cc1.